The number of pyridine rings is 1. The van der Waals surface area contributed by atoms with Crippen LogP contribution in [0, 0.1) is 0 Å². The molecule has 98 valence electrons. The molecular formula is C20H13N. The Morgan fingerprint density at radius 3 is 1.86 bits per heavy atom. The summed E-state index contributed by atoms with van der Waals surface area (Å²) in [7, 11) is 0. The molecule has 0 N–H and O–H groups in total. The van der Waals surface area contributed by atoms with Crippen LogP contribution in [0.3, 0.4) is 0 Å². The van der Waals surface area contributed by atoms with Crippen LogP contribution in [0.2, 0.25) is 0 Å². The van der Waals surface area contributed by atoms with E-state index in [-0.39, 0.29) is 0 Å². The molecule has 5 rings (SSSR count). The fraction of sp³-hybridized carbons (Fsp3) is 0. The van der Waals surface area contributed by atoms with Crippen LogP contribution in [-0.2, 0) is 0 Å². The van der Waals surface area contributed by atoms with E-state index in [2.05, 4.69) is 83.5 Å². The van der Waals surface area contributed by atoms with Crippen molar-refractivity contribution in [3.05, 3.63) is 79.1 Å². The van der Waals surface area contributed by atoms with Crippen molar-refractivity contribution < 1.29 is 0 Å². The Bertz CT molecular complexity index is 1040. The molecular weight excluding hydrogens is 254 g/mol. The molecule has 3 aromatic carbocycles. The van der Waals surface area contributed by atoms with E-state index in [0.29, 0.717) is 0 Å². The maximum atomic E-state index is 2.30. The van der Waals surface area contributed by atoms with E-state index in [0.717, 1.165) is 0 Å². The Hall–Kier alpha value is -2.80. The molecule has 0 fully saturated rings. The summed E-state index contributed by atoms with van der Waals surface area (Å²) in [5.74, 6) is 0. The summed E-state index contributed by atoms with van der Waals surface area (Å²) in [5.41, 5.74) is 1.27. The molecule has 5 aromatic rings. The lowest BCUT2D eigenvalue weighted by Gasteiger charge is -2.01. The van der Waals surface area contributed by atoms with E-state index in [9.17, 15) is 0 Å². The molecule has 1 heteroatoms. The lowest BCUT2D eigenvalue weighted by Crippen LogP contribution is -1.82. The summed E-state index contributed by atoms with van der Waals surface area (Å²) in [5, 5.41) is 7.77. The Labute approximate surface area is 122 Å². The molecule has 2 aromatic heterocycles. The van der Waals surface area contributed by atoms with Crippen LogP contribution in [0.15, 0.2) is 79.1 Å². The van der Waals surface area contributed by atoms with Crippen molar-refractivity contribution in [1.29, 1.82) is 0 Å². The van der Waals surface area contributed by atoms with E-state index in [1.807, 2.05) is 0 Å². The van der Waals surface area contributed by atoms with Gasteiger partial charge < -0.3 is 4.40 Å². The first-order chi connectivity index (χ1) is 10.4. The van der Waals surface area contributed by atoms with Gasteiger partial charge in [-0.1, -0.05) is 48.5 Å². The molecule has 0 spiro atoms. The summed E-state index contributed by atoms with van der Waals surface area (Å²) in [6, 6.07) is 23.9. The van der Waals surface area contributed by atoms with Gasteiger partial charge in [-0.05, 0) is 39.7 Å². The minimum absolute atomic E-state index is 1.27. The first-order valence-corrected chi connectivity index (χ1v) is 7.20. The average molecular weight is 267 g/mol. The molecule has 0 saturated carbocycles. The van der Waals surface area contributed by atoms with Crippen molar-refractivity contribution in [1.82, 2.24) is 4.40 Å². The molecule has 0 unspecified atom stereocenters. The lowest BCUT2D eigenvalue weighted by atomic mass is 10.1. The zero-order chi connectivity index (χ0) is 13.8. The van der Waals surface area contributed by atoms with Crippen LogP contribution in [0.25, 0.3) is 37.8 Å². The minimum atomic E-state index is 1.27. The Balaban J connectivity index is 2.01. The van der Waals surface area contributed by atoms with Gasteiger partial charge in [-0.3, -0.25) is 0 Å². The van der Waals surface area contributed by atoms with Crippen molar-refractivity contribution in [2.75, 3.05) is 0 Å². The molecule has 0 aliphatic carbocycles. The van der Waals surface area contributed by atoms with Crippen molar-refractivity contribution in [2.24, 2.45) is 0 Å². The van der Waals surface area contributed by atoms with Crippen molar-refractivity contribution in [3.63, 3.8) is 0 Å². The van der Waals surface area contributed by atoms with Crippen LogP contribution in [0.5, 0.6) is 0 Å². The second-order valence-electron chi connectivity index (χ2n) is 5.61. The normalized spacial score (nSPS) is 11.8. The number of aromatic nitrogens is 1. The predicted molar refractivity (Wildman–Crippen MR) is 89.9 cm³/mol. The summed E-state index contributed by atoms with van der Waals surface area (Å²) >= 11 is 0. The van der Waals surface area contributed by atoms with Crippen LogP contribution in [0.1, 0.15) is 0 Å². The maximum absolute atomic E-state index is 2.30. The van der Waals surface area contributed by atoms with Crippen molar-refractivity contribution in [3.8, 4) is 0 Å². The third-order valence-electron chi connectivity index (χ3n) is 4.32. The quantitative estimate of drug-likeness (QED) is 0.354. The van der Waals surface area contributed by atoms with Crippen molar-refractivity contribution >= 4 is 37.8 Å². The first kappa shape index (κ1) is 10.9. The fourth-order valence-electron chi connectivity index (χ4n) is 3.26. The number of nitrogens with zero attached hydrogens (tertiary/aromatic N) is 1. The molecule has 0 aliphatic heterocycles. The SMILES string of the molecule is c1ccc2cc3c(cc2c1)cn1cc2ccccc2cc31. The monoisotopic (exact) mass is 267 g/mol. The highest BCUT2D eigenvalue weighted by molar-refractivity contribution is 6.07. The topological polar surface area (TPSA) is 4.41 Å². The largest absolute Gasteiger partial charge is 0.322 e. The Morgan fingerprint density at radius 1 is 0.524 bits per heavy atom. The van der Waals surface area contributed by atoms with Crippen LogP contribution in [0.4, 0.5) is 0 Å². The van der Waals surface area contributed by atoms with Gasteiger partial charge in [0.15, 0.2) is 0 Å². The third kappa shape index (κ3) is 1.52. The highest BCUT2D eigenvalue weighted by Gasteiger charge is 2.06. The molecule has 0 amide bonds. The number of hydrogen-bond donors (Lipinski definition) is 0. The van der Waals surface area contributed by atoms with Gasteiger partial charge in [-0.25, -0.2) is 0 Å². The van der Waals surface area contributed by atoms with Gasteiger partial charge in [-0.2, -0.15) is 0 Å². The second kappa shape index (κ2) is 3.86. The summed E-state index contributed by atoms with van der Waals surface area (Å²) in [6.45, 7) is 0. The average Bonchev–Trinajstić information content (AvgIpc) is 2.87. The summed E-state index contributed by atoms with van der Waals surface area (Å²) < 4.78 is 2.24. The van der Waals surface area contributed by atoms with Crippen molar-refractivity contribution in [2.45, 2.75) is 0 Å². The zero-order valence-corrected chi connectivity index (χ0v) is 11.5. The smallest absolute Gasteiger partial charge is 0.0535 e. The molecule has 0 bridgehead atoms. The Morgan fingerprint density at radius 2 is 1.10 bits per heavy atom. The van der Waals surface area contributed by atoms with E-state index in [1.165, 1.54) is 37.8 Å². The molecule has 0 saturated heterocycles. The highest BCUT2D eigenvalue weighted by Crippen LogP contribution is 2.29. The van der Waals surface area contributed by atoms with E-state index in [4.69, 9.17) is 0 Å². The number of rotatable bonds is 0. The maximum Gasteiger partial charge on any atom is 0.0535 e. The fourth-order valence-corrected chi connectivity index (χ4v) is 3.26. The van der Waals surface area contributed by atoms with Gasteiger partial charge in [0.25, 0.3) is 0 Å². The van der Waals surface area contributed by atoms with Gasteiger partial charge >= 0.3 is 0 Å². The van der Waals surface area contributed by atoms with E-state index < -0.39 is 0 Å². The molecule has 1 nitrogen and oxygen atoms in total. The summed E-state index contributed by atoms with van der Waals surface area (Å²) in [6.07, 6.45) is 4.44. The number of hydrogen-bond acceptors (Lipinski definition) is 0. The highest BCUT2D eigenvalue weighted by atomic mass is 14.9. The number of benzene rings is 3. The lowest BCUT2D eigenvalue weighted by molar-refractivity contribution is 1.23. The van der Waals surface area contributed by atoms with Gasteiger partial charge in [0, 0.05) is 23.2 Å². The van der Waals surface area contributed by atoms with E-state index >= 15 is 0 Å². The molecule has 0 radical (unpaired) electrons. The van der Waals surface area contributed by atoms with Gasteiger partial charge in [-0.15, -0.1) is 0 Å². The molecule has 2 heterocycles. The van der Waals surface area contributed by atoms with Gasteiger partial charge in [0.1, 0.15) is 0 Å². The molecule has 0 atom stereocenters. The van der Waals surface area contributed by atoms with Crippen LogP contribution < -0.4 is 0 Å². The van der Waals surface area contributed by atoms with Crippen LogP contribution in [-0.4, -0.2) is 4.40 Å². The second-order valence-corrected chi connectivity index (χ2v) is 5.61. The Kier molecular flexibility index (Phi) is 2.01. The van der Waals surface area contributed by atoms with Gasteiger partial charge in [0.05, 0.1) is 5.52 Å². The van der Waals surface area contributed by atoms with Gasteiger partial charge in [0.2, 0.25) is 0 Å². The molecule has 0 aliphatic rings. The third-order valence-corrected chi connectivity index (χ3v) is 4.32. The van der Waals surface area contributed by atoms with Crippen LogP contribution >= 0.6 is 0 Å². The van der Waals surface area contributed by atoms with E-state index in [1.54, 1.807) is 0 Å². The molecule has 21 heavy (non-hydrogen) atoms. The summed E-state index contributed by atoms with van der Waals surface area (Å²) in [4.78, 5) is 0. The number of fused-ring (bicyclic) bond motifs is 5. The predicted octanol–water partition coefficient (Wildman–Crippen LogP) is 5.40. The first-order valence-electron chi connectivity index (χ1n) is 7.20. The standard InChI is InChI=1S/C20H13N/c1-2-6-15-10-19-18(9-14(15)5-1)13-21-12-17-8-4-3-7-16(17)11-20(19)21/h1-13H. The zero-order valence-electron chi connectivity index (χ0n) is 11.5. The minimum Gasteiger partial charge on any atom is -0.322 e.